The van der Waals surface area contributed by atoms with E-state index in [4.69, 9.17) is 5.73 Å². The Kier molecular flexibility index (Phi) is 4.31. The van der Waals surface area contributed by atoms with Gasteiger partial charge in [0, 0.05) is 5.69 Å². The standard InChI is InChI=1S/C8H9NO2.Na/c1-5-4-6(8(10)11)2-3-7(5)9;/h2-4H,9H2,1H3,(H,10,11);/q;+1/p-1. The topological polar surface area (TPSA) is 66.1 Å². The Morgan fingerprint density at radius 2 is 2.08 bits per heavy atom. The van der Waals surface area contributed by atoms with E-state index in [0.717, 1.165) is 5.56 Å². The number of rotatable bonds is 1. The predicted octanol–water partition coefficient (Wildman–Crippen LogP) is -3.06. The Hall–Kier alpha value is -0.510. The van der Waals surface area contributed by atoms with Crippen LogP contribution in [0.5, 0.6) is 0 Å². The van der Waals surface area contributed by atoms with Crippen molar-refractivity contribution in [3.8, 4) is 0 Å². The number of anilines is 1. The molecule has 0 spiro atoms. The maximum atomic E-state index is 10.3. The molecule has 0 aliphatic rings. The summed E-state index contributed by atoms with van der Waals surface area (Å²) >= 11 is 0. The van der Waals surface area contributed by atoms with Gasteiger partial charge in [-0.3, -0.25) is 0 Å². The monoisotopic (exact) mass is 173 g/mol. The summed E-state index contributed by atoms with van der Waals surface area (Å²) in [4.78, 5) is 10.3. The molecule has 0 bridgehead atoms. The van der Waals surface area contributed by atoms with Crippen molar-refractivity contribution >= 4 is 11.7 Å². The molecule has 0 aromatic heterocycles. The molecule has 0 fully saturated rings. The molecule has 1 aromatic rings. The van der Waals surface area contributed by atoms with E-state index in [1.165, 1.54) is 12.1 Å². The predicted molar refractivity (Wildman–Crippen MR) is 39.9 cm³/mol. The van der Waals surface area contributed by atoms with Crippen LogP contribution in [0.15, 0.2) is 18.2 Å². The van der Waals surface area contributed by atoms with Crippen molar-refractivity contribution in [1.82, 2.24) is 0 Å². The molecular weight excluding hydrogens is 165 g/mol. The molecule has 0 aliphatic carbocycles. The minimum Gasteiger partial charge on any atom is -0.545 e. The van der Waals surface area contributed by atoms with Crippen LogP contribution < -0.4 is 40.4 Å². The summed E-state index contributed by atoms with van der Waals surface area (Å²) < 4.78 is 0. The van der Waals surface area contributed by atoms with Crippen LogP contribution >= 0.6 is 0 Å². The Balaban J connectivity index is 0.00000121. The normalized spacial score (nSPS) is 8.75. The molecule has 1 rings (SSSR count). The molecule has 0 heterocycles. The van der Waals surface area contributed by atoms with E-state index in [1.807, 2.05) is 0 Å². The van der Waals surface area contributed by atoms with Crippen LogP contribution in [0.2, 0.25) is 0 Å². The van der Waals surface area contributed by atoms with Gasteiger partial charge in [0.15, 0.2) is 0 Å². The van der Waals surface area contributed by atoms with E-state index in [9.17, 15) is 9.90 Å². The first-order chi connectivity index (χ1) is 5.11. The zero-order valence-corrected chi connectivity index (χ0v) is 9.13. The molecule has 1 aromatic carbocycles. The summed E-state index contributed by atoms with van der Waals surface area (Å²) in [7, 11) is 0. The quantitative estimate of drug-likeness (QED) is 0.362. The smallest absolute Gasteiger partial charge is 0.545 e. The van der Waals surface area contributed by atoms with Crippen LogP contribution in [0.25, 0.3) is 0 Å². The third-order valence-electron chi connectivity index (χ3n) is 1.51. The SMILES string of the molecule is Cc1cc(C(=O)[O-])ccc1N.[Na+]. The number of aryl methyl sites for hydroxylation is 1. The molecule has 0 aliphatic heterocycles. The van der Waals surface area contributed by atoms with E-state index in [-0.39, 0.29) is 35.1 Å². The van der Waals surface area contributed by atoms with Gasteiger partial charge < -0.3 is 15.6 Å². The molecular formula is C8H8NNaO2. The largest absolute Gasteiger partial charge is 1.00 e. The molecule has 0 saturated carbocycles. The summed E-state index contributed by atoms with van der Waals surface area (Å²) in [5, 5.41) is 10.3. The molecule has 3 nitrogen and oxygen atoms in total. The fourth-order valence-corrected chi connectivity index (χ4v) is 0.803. The Labute approximate surface area is 92.9 Å². The van der Waals surface area contributed by atoms with Crippen molar-refractivity contribution in [3.63, 3.8) is 0 Å². The number of hydrogen-bond donors (Lipinski definition) is 1. The maximum absolute atomic E-state index is 10.3. The van der Waals surface area contributed by atoms with Crippen molar-refractivity contribution in [2.24, 2.45) is 0 Å². The van der Waals surface area contributed by atoms with E-state index in [2.05, 4.69) is 0 Å². The molecule has 2 N–H and O–H groups in total. The van der Waals surface area contributed by atoms with Crippen molar-refractivity contribution in [2.45, 2.75) is 6.92 Å². The fourth-order valence-electron chi connectivity index (χ4n) is 0.803. The molecule has 0 radical (unpaired) electrons. The van der Waals surface area contributed by atoms with Crippen molar-refractivity contribution in [1.29, 1.82) is 0 Å². The van der Waals surface area contributed by atoms with Gasteiger partial charge in [0.1, 0.15) is 0 Å². The maximum Gasteiger partial charge on any atom is 1.00 e. The molecule has 0 unspecified atom stereocenters. The molecule has 0 saturated heterocycles. The number of benzene rings is 1. The fraction of sp³-hybridized carbons (Fsp3) is 0.125. The Morgan fingerprint density at radius 3 is 2.50 bits per heavy atom. The number of nitrogens with two attached hydrogens (primary N) is 1. The number of carbonyl (C=O) groups excluding carboxylic acids is 1. The van der Waals surface area contributed by atoms with Gasteiger partial charge in [-0.05, 0) is 30.2 Å². The molecule has 0 amide bonds. The van der Waals surface area contributed by atoms with Gasteiger partial charge in [-0.25, -0.2) is 0 Å². The van der Waals surface area contributed by atoms with E-state index in [0.29, 0.717) is 5.69 Å². The van der Waals surface area contributed by atoms with Crippen LogP contribution in [0, 0.1) is 6.92 Å². The van der Waals surface area contributed by atoms with Crippen LogP contribution in [0.4, 0.5) is 5.69 Å². The average molecular weight is 173 g/mol. The zero-order chi connectivity index (χ0) is 8.43. The first-order valence-corrected chi connectivity index (χ1v) is 3.18. The first-order valence-electron chi connectivity index (χ1n) is 3.18. The zero-order valence-electron chi connectivity index (χ0n) is 7.13. The van der Waals surface area contributed by atoms with Gasteiger partial charge in [0.05, 0.1) is 5.97 Å². The summed E-state index contributed by atoms with van der Waals surface area (Å²) in [5.74, 6) is -1.17. The van der Waals surface area contributed by atoms with Crippen LogP contribution in [-0.2, 0) is 0 Å². The summed E-state index contributed by atoms with van der Waals surface area (Å²) in [6.45, 7) is 1.75. The van der Waals surface area contributed by atoms with Gasteiger partial charge in [0.25, 0.3) is 0 Å². The van der Waals surface area contributed by atoms with Crippen LogP contribution in [0.3, 0.4) is 0 Å². The summed E-state index contributed by atoms with van der Waals surface area (Å²) in [6.07, 6.45) is 0. The van der Waals surface area contributed by atoms with Gasteiger partial charge in [-0.2, -0.15) is 0 Å². The number of carboxylic acids is 1. The van der Waals surface area contributed by atoms with E-state index >= 15 is 0 Å². The number of carbonyl (C=O) groups is 1. The van der Waals surface area contributed by atoms with Gasteiger partial charge in [-0.15, -0.1) is 0 Å². The van der Waals surface area contributed by atoms with Crippen LogP contribution in [0.1, 0.15) is 15.9 Å². The van der Waals surface area contributed by atoms with E-state index < -0.39 is 5.97 Å². The molecule has 58 valence electrons. The number of nitrogen functional groups attached to an aromatic ring is 1. The van der Waals surface area contributed by atoms with Crippen molar-refractivity contribution in [3.05, 3.63) is 29.3 Å². The minimum atomic E-state index is -1.17. The second-order valence-corrected chi connectivity index (χ2v) is 2.36. The summed E-state index contributed by atoms with van der Waals surface area (Å²) in [5.41, 5.74) is 6.99. The second-order valence-electron chi connectivity index (χ2n) is 2.36. The number of carboxylic acid groups (broad SMARTS) is 1. The number of hydrogen-bond acceptors (Lipinski definition) is 3. The van der Waals surface area contributed by atoms with Gasteiger partial charge >= 0.3 is 29.6 Å². The second kappa shape index (κ2) is 4.50. The van der Waals surface area contributed by atoms with Gasteiger partial charge in [-0.1, -0.05) is 6.07 Å². The van der Waals surface area contributed by atoms with Crippen molar-refractivity contribution < 1.29 is 39.5 Å². The van der Waals surface area contributed by atoms with Crippen molar-refractivity contribution in [2.75, 3.05) is 5.73 Å². The third kappa shape index (κ3) is 2.52. The summed E-state index contributed by atoms with van der Waals surface area (Å²) in [6, 6.07) is 4.47. The minimum absolute atomic E-state index is 0. The van der Waals surface area contributed by atoms with Gasteiger partial charge in [0.2, 0.25) is 0 Å². The Bertz CT molecular complexity index is 299. The Morgan fingerprint density at radius 1 is 1.50 bits per heavy atom. The molecule has 0 atom stereocenters. The first kappa shape index (κ1) is 11.5. The van der Waals surface area contributed by atoms with E-state index in [1.54, 1.807) is 13.0 Å². The average Bonchev–Trinajstić information content (AvgIpc) is 1.94. The number of aromatic carboxylic acids is 1. The molecule has 4 heteroatoms. The van der Waals surface area contributed by atoms with Crippen LogP contribution in [-0.4, -0.2) is 5.97 Å². The molecule has 12 heavy (non-hydrogen) atoms. The third-order valence-corrected chi connectivity index (χ3v) is 1.51.